The first-order valence-electron chi connectivity index (χ1n) is 5.27. The third kappa shape index (κ3) is 3.87. The number of benzene rings is 1. The lowest BCUT2D eigenvalue weighted by atomic mass is 10.0. The number of hydrogen-bond donors (Lipinski definition) is 2. The van der Waals surface area contributed by atoms with Crippen molar-refractivity contribution in [3.05, 3.63) is 35.4 Å². The highest BCUT2D eigenvalue weighted by Gasteiger charge is 2.15. The molecule has 0 aromatic heterocycles. The SMILES string of the molecule is CC(NCC(C)(C)N)c1cc(F)ccc1F. The van der Waals surface area contributed by atoms with Crippen LogP contribution in [-0.4, -0.2) is 12.1 Å². The molecule has 0 radical (unpaired) electrons. The molecule has 0 aliphatic carbocycles. The standard InChI is InChI=1S/C12H18F2N2/c1-8(16-7-12(2,3)15)10-6-9(13)4-5-11(10)14/h4-6,8,16H,7,15H2,1-3H3. The number of rotatable bonds is 4. The Morgan fingerprint density at radius 1 is 1.38 bits per heavy atom. The minimum Gasteiger partial charge on any atom is -0.324 e. The van der Waals surface area contributed by atoms with Crippen LogP contribution in [0.25, 0.3) is 0 Å². The third-order valence-corrected chi connectivity index (χ3v) is 2.29. The lowest BCUT2D eigenvalue weighted by Gasteiger charge is -2.23. The van der Waals surface area contributed by atoms with Gasteiger partial charge in [0.05, 0.1) is 0 Å². The highest BCUT2D eigenvalue weighted by molar-refractivity contribution is 5.21. The number of hydrogen-bond acceptors (Lipinski definition) is 2. The van der Waals surface area contributed by atoms with Crippen molar-refractivity contribution >= 4 is 0 Å². The summed E-state index contributed by atoms with van der Waals surface area (Å²) in [7, 11) is 0. The van der Waals surface area contributed by atoms with Gasteiger partial charge in [-0.15, -0.1) is 0 Å². The van der Waals surface area contributed by atoms with E-state index < -0.39 is 11.6 Å². The van der Waals surface area contributed by atoms with Crippen LogP contribution in [0.1, 0.15) is 32.4 Å². The van der Waals surface area contributed by atoms with Crippen molar-refractivity contribution in [2.75, 3.05) is 6.54 Å². The Morgan fingerprint density at radius 3 is 2.56 bits per heavy atom. The van der Waals surface area contributed by atoms with Crippen molar-refractivity contribution in [2.24, 2.45) is 5.73 Å². The predicted molar refractivity (Wildman–Crippen MR) is 61.0 cm³/mol. The average Bonchev–Trinajstić information content (AvgIpc) is 2.17. The summed E-state index contributed by atoms with van der Waals surface area (Å²) in [4.78, 5) is 0. The van der Waals surface area contributed by atoms with Crippen LogP contribution in [0.2, 0.25) is 0 Å². The summed E-state index contributed by atoms with van der Waals surface area (Å²) in [6.07, 6.45) is 0. The molecule has 2 nitrogen and oxygen atoms in total. The van der Waals surface area contributed by atoms with E-state index in [0.29, 0.717) is 12.1 Å². The number of halogens is 2. The molecular weight excluding hydrogens is 210 g/mol. The van der Waals surface area contributed by atoms with Gasteiger partial charge in [0, 0.05) is 23.7 Å². The van der Waals surface area contributed by atoms with Crippen LogP contribution in [0.4, 0.5) is 8.78 Å². The molecule has 4 heteroatoms. The van der Waals surface area contributed by atoms with Gasteiger partial charge >= 0.3 is 0 Å². The highest BCUT2D eigenvalue weighted by Crippen LogP contribution is 2.18. The molecule has 0 aliphatic heterocycles. The van der Waals surface area contributed by atoms with E-state index in [1.807, 2.05) is 13.8 Å². The Bertz CT molecular complexity index is 359. The summed E-state index contributed by atoms with van der Waals surface area (Å²) in [6, 6.07) is 3.18. The average molecular weight is 228 g/mol. The highest BCUT2D eigenvalue weighted by atomic mass is 19.1. The summed E-state index contributed by atoms with van der Waals surface area (Å²) in [5.41, 5.74) is 5.75. The Balaban J connectivity index is 2.73. The molecule has 90 valence electrons. The van der Waals surface area contributed by atoms with Crippen LogP contribution in [0, 0.1) is 11.6 Å². The van der Waals surface area contributed by atoms with Gasteiger partial charge < -0.3 is 11.1 Å². The molecular formula is C12H18F2N2. The molecule has 3 N–H and O–H groups in total. The van der Waals surface area contributed by atoms with Crippen molar-refractivity contribution in [2.45, 2.75) is 32.4 Å². The maximum atomic E-state index is 13.4. The smallest absolute Gasteiger partial charge is 0.128 e. The summed E-state index contributed by atoms with van der Waals surface area (Å²) >= 11 is 0. The summed E-state index contributed by atoms with van der Waals surface area (Å²) in [6.45, 7) is 6.05. The van der Waals surface area contributed by atoms with Gasteiger partial charge in [-0.25, -0.2) is 8.78 Å². The Hall–Kier alpha value is -1.00. The van der Waals surface area contributed by atoms with Crippen LogP contribution in [0.3, 0.4) is 0 Å². The molecule has 0 bridgehead atoms. The van der Waals surface area contributed by atoms with Gasteiger partial charge in [-0.3, -0.25) is 0 Å². The zero-order chi connectivity index (χ0) is 12.3. The lowest BCUT2D eigenvalue weighted by molar-refractivity contribution is 0.426. The Morgan fingerprint density at radius 2 is 2.00 bits per heavy atom. The van der Waals surface area contributed by atoms with Gasteiger partial charge in [-0.05, 0) is 39.0 Å². The van der Waals surface area contributed by atoms with Crippen molar-refractivity contribution in [3.63, 3.8) is 0 Å². The van der Waals surface area contributed by atoms with Crippen LogP contribution < -0.4 is 11.1 Å². The molecule has 0 saturated carbocycles. The van der Waals surface area contributed by atoms with E-state index in [0.717, 1.165) is 12.1 Å². The van der Waals surface area contributed by atoms with Crippen molar-refractivity contribution in [3.8, 4) is 0 Å². The van der Waals surface area contributed by atoms with E-state index in [-0.39, 0.29) is 11.6 Å². The second-order valence-electron chi connectivity index (χ2n) is 4.76. The molecule has 0 heterocycles. The first-order chi connectivity index (χ1) is 7.29. The monoisotopic (exact) mass is 228 g/mol. The van der Waals surface area contributed by atoms with Crippen molar-refractivity contribution < 1.29 is 8.78 Å². The van der Waals surface area contributed by atoms with Crippen LogP contribution in [0.15, 0.2) is 18.2 Å². The normalized spacial score (nSPS) is 13.9. The van der Waals surface area contributed by atoms with Crippen LogP contribution >= 0.6 is 0 Å². The molecule has 1 aromatic carbocycles. The number of nitrogens with one attached hydrogen (secondary N) is 1. The van der Waals surface area contributed by atoms with Crippen LogP contribution in [0.5, 0.6) is 0 Å². The fourth-order valence-electron chi connectivity index (χ4n) is 1.37. The molecule has 16 heavy (non-hydrogen) atoms. The van der Waals surface area contributed by atoms with Gasteiger partial charge in [-0.2, -0.15) is 0 Å². The van der Waals surface area contributed by atoms with Gasteiger partial charge in [0.25, 0.3) is 0 Å². The van der Waals surface area contributed by atoms with E-state index in [4.69, 9.17) is 5.73 Å². The molecule has 1 atom stereocenters. The quantitative estimate of drug-likeness (QED) is 0.830. The molecule has 0 fully saturated rings. The first kappa shape index (κ1) is 13.1. The predicted octanol–water partition coefficient (Wildman–Crippen LogP) is 2.35. The third-order valence-electron chi connectivity index (χ3n) is 2.29. The molecule has 1 rings (SSSR count). The van der Waals surface area contributed by atoms with Crippen molar-refractivity contribution in [1.29, 1.82) is 0 Å². The van der Waals surface area contributed by atoms with Crippen LogP contribution in [-0.2, 0) is 0 Å². The topological polar surface area (TPSA) is 38.0 Å². The Kier molecular flexibility index (Phi) is 3.99. The van der Waals surface area contributed by atoms with E-state index in [9.17, 15) is 8.78 Å². The van der Waals surface area contributed by atoms with E-state index >= 15 is 0 Å². The largest absolute Gasteiger partial charge is 0.324 e. The molecule has 1 aromatic rings. The van der Waals surface area contributed by atoms with E-state index in [1.54, 1.807) is 6.92 Å². The maximum Gasteiger partial charge on any atom is 0.128 e. The fraction of sp³-hybridized carbons (Fsp3) is 0.500. The maximum absolute atomic E-state index is 13.4. The number of nitrogens with two attached hydrogens (primary N) is 1. The Labute approximate surface area is 94.8 Å². The first-order valence-corrected chi connectivity index (χ1v) is 5.27. The molecule has 0 aliphatic rings. The van der Waals surface area contributed by atoms with Gasteiger partial charge in [0.2, 0.25) is 0 Å². The van der Waals surface area contributed by atoms with Gasteiger partial charge in [0.15, 0.2) is 0 Å². The van der Waals surface area contributed by atoms with E-state index in [1.165, 1.54) is 6.07 Å². The second kappa shape index (κ2) is 4.89. The summed E-state index contributed by atoms with van der Waals surface area (Å²) < 4.78 is 26.4. The summed E-state index contributed by atoms with van der Waals surface area (Å²) in [5, 5.41) is 3.08. The molecule has 0 saturated heterocycles. The zero-order valence-electron chi connectivity index (χ0n) is 9.85. The minimum atomic E-state index is -0.433. The molecule has 1 unspecified atom stereocenters. The molecule has 0 spiro atoms. The van der Waals surface area contributed by atoms with Crippen molar-refractivity contribution in [1.82, 2.24) is 5.32 Å². The second-order valence-corrected chi connectivity index (χ2v) is 4.76. The van der Waals surface area contributed by atoms with Gasteiger partial charge in [0.1, 0.15) is 11.6 Å². The van der Waals surface area contributed by atoms with Gasteiger partial charge in [-0.1, -0.05) is 0 Å². The molecule has 0 amide bonds. The fourth-order valence-corrected chi connectivity index (χ4v) is 1.37. The van der Waals surface area contributed by atoms with E-state index in [2.05, 4.69) is 5.32 Å². The lowest BCUT2D eigenvalue weighted by Crippen LogP contribution is -2.43. The minimum absolute atomic E-state index is 0.265. The summed E-state index contributed by atoms with van der Waals surface area (Å²) in [5.74, 6) is -0.840. The zero-order valence-corrected chi connectivity index (χ0v) is 9.85.